The number of nitrogens with zero attached hydrogens (tertiary/aromatic N) is 1. The molecule has 100 valence electrons. The standard InChI is InChI=1S/C17H16N2O/c1-19-15-10-6-5-9-14(15)11-16(19)17(20)18-12-13-7-3-2-4-8-13/h2-11H,12H2,1H3,(H,18,20). The number of rotatable bonds is 3. The molecule has 3 aromatic rings. The van der Waals surface area contributed by atoms with Gasteiger partial charge in [-0.25, -0.2) is 0 Å². The van der Waals surface area contributed by atoms with Crippen LogP contribution in [0.5, 0.6) is 0 Å². The van der Waals surface area contributed by atoms with Crippen LogP contribution >= 0.6 is 0 Å². The Hall–Kier alpha value is -2.55. The number of benzene rings is 2. The fraction of sp³-hybridized carbons (Fsp3) is 0.118. The molecule has 3 nitrogen and oxygen atoms in total. The van der Waals surface area contributed by atoms with Gasteiger partial charge in [0.1, 0.15) is 5.69 Å². The van der Waals surface area contributed by atoms with E-state index < -0.39 is 0 Å². The second-order valence-electron chi connectivity index (χ2n) is 4.82. The predicted octanol–water partition coefficient (Wildman–Crippen LogP) is 3.11. The van der Waals surface area contributed by atoms with E-state index in [4.69, 9.17) is 0 Å². The lowest BCUT2D eigenvalue weighted by molar-refractivity contribution is 0.0943. The van der Waals surface area contributed by atoms with Gasteiger partial charge in [0.05, 0.1) is 0 Å². The molecule has 0 unspecified atom stereocenters. The van der Waals surface area contributed by atoms with E-state index in [9.17, 15) is 4.79 Å². The lowest BCUT2D eigenvalue weighted by Gasteiger charge is -2.06. The fourth-order valence-corrected chi connectivity index (χ4v) is 2.38. The highest BCUT2D eigenvalue weighted by molar-refractivity contribution is 5.98. The molecule has 0 aliphatic carbocycles. The topological polar surface area (TPSA) is 34.0 Å². The maximum absolute atomic E-state index is 12.3. The zero-order valence-corrected chi connectivity index (χ0v) is 11.3. The lowest BCUT2D eigenvalue weighted by atomic mass is 10.2. The molecule has 0 spiro atoms. The first-order chi connectivity index (χ1) is 9.75. The van der Waals surface area contributed by atoms with Gasteiger partial charge in [-0.2, -0.15) is 0 Å². The van der Waals surface area contributed by atoms with Gasteiger partial charge in [-0.1, -0.05) is 48.5 Å². The van der Waals surface area contributed by atoms with E-state index >= 15 is 0 Å². The van der Waals surface area contributed by atoms with Crippen molar-refractivity contribution in [2.75, 3.05) is 0 Å². The van der Waals surface area contributed by atoms with Crippen LogP contribution in [0.1, 0.15) is 16.1 Å². The molecular formula is C17H16N2O. The Bertz CT molecular complexity index is 744. The number of amides is 1. The largest absolute Gasteiger partial charge is 0.347 e. The molecule has 1 N–H and O–H groups in total. The Morgan fingerprint density at radius 3 is 2.50 bits per heavy atom. The first kappa shape index (κ1) is 12.5. The van der Waals surface area contributed by atoms with E-state index in [0.717, 1.165) is 16.5 Å². The monoisotopic (exact) mass is 264 g/mol. The van der Waals surface area contributed by atoms with Gasteiger partial charge in [0.2, 0.25) is 0 Å². The highest BCUT2D eigenvalue weighted by Crippen LogP contribution is 2.18. The van der Waals surface area contributed by atoms with Crippen LogP contribution in [0.3, 0.4) is 0 Å². The van der Waals surface area contributed by atoms with Gasteiger partial charge in [0.15, 0.2) is 0 Å². The second-order valence-corrected chi connectivity index (χ2v) is 4.82. The third kappa shape index (κ3) is 2.30. The molecule has 0 bridgehead atoms. The van der Waals surface area contributed by atoms with Crippen molar-refractivity contribution >= 4 is 16.8 Å². The lowest BCUT2D eigenvalue weighted by Crippen LogP contribution is -2.24. The van der Waals surface area contributed by atoms with Crippen LogP contribution in [0.4, 0.5) is 0 Å². The summed E-state index contributed by atoms with van der Waals surface area (Å²) >= 11 is 0. The van der Waals surface area contributed by atoms with Crippen LogP contribution < -0.4 is 5.32 Å². The van der Waals surface area contributed by atoms with Crippen LogP contribution in [-0.2, 0) is 13.6 Å². The summed E-state index contributed by atoms with van der Waals surface area (Å²) in [5.41, 5.74) is 2.85. The first-order valence-electron chi connectivity index (χ1n) is 6.62. The number of nitrogens with one attached hydrogen (secondary N) is 1. The predicted molar refractivity (Wildman–Crippen MR) is 80.5 cm³/mol. The number of carbonyl (C=O) groups is 1. The minimum atomic E-state index is -0.0486. The Morgan fingerprint density at radius 1 is 1.05 bits per heavy atom. The van der Waals surface area contributed by atoms with Gasteiger partial charge < -0.3 is 9.88 Å². The number of carbonyl (C=O) groups excluding carboxylic acids is 1. The molecule has 1 amide bonds. The van der Waals surface area contributed by atoms with E-state index in [0.29, 0.717) is 12.2 Å². The number of aryl methyl sites for hydroxylation is 1. The molecule has 0 aliphatic rings. The smallest absolute Gasteiger partial charge is 0.268 e. The summed E-state index contributed by atoms with van der Waals surface area (Å²) in [6.07, 6.45) is 0. The molecule has 3 rings (SSSR count). The molecule has 3 heteroatoms. The molecule has 0 saturated heterocycles. The summed E-state index contributed by atoms with van der Waals surface area (Å²) in [6.45, 7) is 0.543. The number of aromatic nitrogens is 1. The summed E-state index contributed by atoms with van der Waals surface area (Å²) in [5, 5.41) is 4.04. The zero-order chi connectivity index (χ0) is 13.9. The third-order valence-corrected chi connectivity index (χ3v) is 3.48. The summed E-state index contributed by atoms with van der Waals surface area (Å²) in [5.74, 6) is -0.0486. The van der Waals surface area contributed by atoms with Gasteiger partial charge in [0.25, 0.3) is 5.91 Å². The summed E-state index contributed by atoms with van der Waals surface area (Å²) in [4.78, 5) is 12.3. The van der Waals surface area contributed by atoms with E-state index in [1.807, 2.05) is 72.3 Å². The van der Waals surface area contributed by atoms with Crippen molar-refractivity contribution in [2.24, 2.45) is 7.05 Å². The van der Waals surface area contributed by atoms with E-state index in [1.165, 1.54) is 0 Å². The maximum Gasteiger partial charge on any atom is 0.268 e. The van der Waals surface area contributed by atoms with Crippen LogP contribution in [0, 0.1) is 0 Å². The molecule has 1 aromatic heterocycles. The van der Waals surface area contributed by atoms with Crippen molar-refractivity contribution in [3.05, 3.63) is 71.9 Å². The molecule has 2 aromatic carbocycles. The Balaban J connectivity index is 1.81. The molecule has 0 fully saturated rings. The highest BCUT2D eigenvalue weighted by Gasteiger charge is 2.12. The van der Waals surface area contributed by atoms with Gasteiger partial charge in [-0.15, -0.1) is 0 Å². The normalized spacial score (nSPS) is 10.7. The minimum absolute atomic E-state index is 0.0486. The Labute approximate surface area is 117 Å². The zero-order valence-electron chi connectivity index (χ0n) is 11.3. The van der Waals surface area contributed by atoms with Crippen LogP contribution in [0.15, 0.2) is 60.7 Å². The number of hydrogen-bond acceptors (Lipinski definition) is 1. The average molecular weight is 264 g/mol. The number of para-hydroxylation sites is 1. The molecule has 20 heavy (non-hydrogen) atoms. The average Bonchev–Trinajstić information content (AvgIpc) is 2.84. The molecule has 0 saturated carbocycles. The molecule has 0 atom stereocenters. The van der Waals surface area contributed by atoms with Crippen molar-refractivity contribution < 1.29 is 4.79 Å². The maximum atomic E-state index is 12.3. The summed E-state index contributed by atoms with van der Waals surface area (Å²) < 4.78 is 1.93. The molecular weight excluding hydrogens is 248 g/mol. The summed E-state index contributed by atoms with van der Waals surface area (Å²) in [7, 11) is 1.92. The number of fused-ring (bicyclic) bond motifs is 1. The molecule has 0 aliphatic heterocycles. The van der Waals surface area contributed by atoms with Gasteiger partial charge in [-0.05, 0) is 17.7 Å². The Morgan fingerprint density at radius 2 is 1.75 bits per heavy atom. The quantitative estimate of drug-likeness (QED) is 0.775. The third-order valence-electron chi connectivity index (χ3n) is 3.48. The van der Waals surface area contributed by atoms with Crippen molar-refractivity contribution in [2.45, 2.75) is 6.54 Å². The Kier molecular flexibility index (Phi) is 3.25. The van der Waals surface area contributed by atoms with Gasteiger partial charge >= 0.3 is 0 Å². The number of hydrogen-bond donors (Lipinski definition) is 1. The van der Waals surface area contributed by atoms with E-state index in [2.05, 4.69) is 5.32 Å². The van der Waals surface area contributed by atoms with Gasteiger partial charge in [0, 0.05) is 24.5 Å². The van der Waals surface area contributed by atoms with E-state index in [-0.39, 0.29) is 5.91 Å². The summed E-state index contributed by atoms with van der Waals surface area (Å²) in [6, 6.07) is 19.8. The van der Waals surface area contributed by atoms with Crippen LogP contribution in [0.25, 0.3) is 10.9 Å². The van der Waals surface area contributed by atoms with Crippen molar-refractivity contribution in [3.63, 3.8) is 0 Å². The SMILES string of the molecule is Cn1c(C(=O)NCc2ccccc2)cc2ccccc21. The van der Waals surface area contributed by atoms with Gasteiger partial charge in [-0.3, -0.25) is 4.79 Å². The minimum Gasteiger partial charge on any atom is -0.347 e. The molecule has 0 radical (unpaired) electrons. The van der Waals surface area contributed by atoms with E-state index in [1.54, 1.807) is 0 Å². The fourth-order valence-electron chi connectivity index (χ4n) is 2.38. The van der Waals surface area contributed by atoms with Crippen molar-refractivity contribution in [1.29, 1.82) is 0 Å². The van der Waals surface area contributed by atoms with Crippen LogP contribution in [-0.4, -0.2) is 10.5 Å². The van der Waals surface area contributed by atoms with Crippen molar-refractivity contribution in [1.82, 2.24) is 9.88 Å². The first-order valence-corrected chi connectivity index (χ1v) is 6.62. The highest BCUT2D eigenvalue weighted by atomic mass is 16.1. The second kappa shape index (κ2) is 5.21. The molecule has 1 heterocycles. The van der Waals surface area contributed by atoms with Crippen LogP contribution in [0.2, 0.25) is 0 Å². The van der Waals surface area contributed by atoms with Crippen molar-refractivity contribution in [3.8, 4) is 0 Å².